The van der Waals surface area contributed by atoms with Gasteiger partial charge in [-0.1, -0.05) is 0 Å². The van der Waals surface area contributed by atoms with Gasteiger partial charge in [0.15, 0.2) is 5.78 Å². The van der Waals surface area contributed by atoms with Gasteiger partial charge < -0.3 is 16.2 Å². The van der Waals surface area contributed by atoms with Gasteiger partial charge in [0.1, 0.15) is 0 Å². The summed E-state index contributed by atoms with van der Waals surface area (Å²) in [6.07, 6.45) is 1.52. The molecule has 15 heavy (non-hydrogen) atoms. The Morgan fingerprint density at radius 2 is 2.20 bits per heavy atom. The fourth-order valence-corrected chi connectivity index (χ4v) is 0.801. The molecule has 0 aliphatic carbocycles. The van der Waals surface area contributed by atoms with Gasteiger partial charge in [0.05, 0.1) is 24.6 Å². The molecule has 0 unspecified atom stereocenters. The van der Waals surface area contributed by atoms with Crippen molar-refractivity contribution in [2.45, 2.75) is 19.9 Å². The molecule has 0 rings (SSSR count). The number of Topliss-reactive ketones (excluding diaryl/α,β-unsaturated/α-hetero) is 1. The summed E-state index contributed by atoms with van der Waals surface area (Å²) in [5.41, 5.74) is 11.8. The summed E-state index contributed by atoms with van der Waals surface area (Å²) < 4.78 is 5.26. The van der Waals surface area contributed by atoms with Crippen molar-refractivity contribution in [2.75, 3.05) is 20.3 Å². The highest BCUT2D eigenvalue weighted by Gasteiger charge is 2.02. The first kappa shape index (κ1) is 13.8. The normalized spacial score (nSPS) is 15.2. The summed E-state index contributed by atoms with van der Waals surface area (Å²) in [4.78, 5) is 14.8. The van der Waals surface area contributed by atoms with E-state index in [-0.39, 0.29) is 17.5 Å². The van der Waals surface area contributed by atoms with Crippen LogP contribution in [0.4, 0.5) is 0 Å². The summed E-state index contributed by atoms with van der Waals surface area (Å²) in [5, 5.41) is 0. The molecule has 5 nitrogen and oxygen atoms in total. The maximum Gasteiger partial charge on any atom is 0.175 e. The second kappa shape index (κ2) is 7.14. The average molecular weight is 213 g/mol. The minimum Gasteiger partial charge on any atom is -0.396 e. The Morgan fingerprint density at radius 3 is 2.60 bits per heavy atom. The third-order valence-corrected chi connectivity index (χ3v) is 1.65. The van der Waals surface area contributed by atoms with Crippen molar-refractivity contribution in [3.8, 4) is 0 Å². The number of hydrogen-bond acceptors (Lipinski definition) is 5. The van der Waals surface area contributed by atoms with E-state index >= 15 is 0 Å². The first-order valence-electron chi connectivity index (χ1n) is 4.74. The summed E-state index contributed by atoms with van der Waals surface area (Å²) in [6.45, 7) is 4.02. The van der Waals surface area contributed by atoms with Gasteiger partial charge >= 0.3 is 0 Å². The van der Waals surface area contributed by atoms with E-state index in [1.165, 1.54) is 13.0 Å². The van der Waals surface area contributed by atoms with Crippen LogP contribution in [-0.2, 0) is 9.53 Å². The van der Waals surface area contributed by atoms with Crippen LogP contribution >= 0.6 is 0 Å². The molecule has 0 aliphatic rings. The quantitative estimate of drug-likeness (QED) is 0.474. The van der Waals surface area contributed by atoms with Crippen LogP contribution in [0.15, 0.2) is 16.8 Å². The second-order valence-corrected chi connectivity index (χ2v) is 3.36. The zero-order valence-corrected chi connectivity index (χ0v) is 9.49. The van der Waals surface area contributed by atoms with Crippen molar-refractivity contribution < 1.29 is 9.53 Å². The van der Waals surface area contributed by atoms with Crippen LogP contribution in [-0.4, -0.2) is 37.8 Å². The van der Waals surface area contributed by atoms with Gasteiger partial charge in [-0.05, 0) is 13.0 Å². The summed E-state index contributed by atoms with van der Waals surface area (Å²) in [6, 6.07) is -0.0164. The molecule has 1 atom stereocenters. The molecule has 0 saturated heterocycles. The van der Waals surface area contributed by atoms with Crippen molar-refractivity contribution in [2.24, 2.45) is 16.5 Å². The van der Waals surface area contributed by atoms with Gasteiger partial charge in [-0.15, -0.1) is 0 Å². The molecular formula is C10H19N3O2. The van der Waals surface area contributed by atoms with Crippen molar-refractivity contribution in [3.05, 3.63) is 11.8 Å². The standard InChI is InChI=1S/C10H19N3O2/c1-7(11)5-15-6-9(13-3)4-10(12)8(2)14/h4,7H,5-6,11-12H2,1-3H3/b10-4+,13-9?/t7-/m1/s1. The molecule has 0 aromatic rings. The first-order chi connectivity index (χ1) is 6.97. The molecule has 0 aromatic carbocycles. The molecule has 0 heterocycles. The van der Waals surface area contributed by atoms with Gasteiger partial charge in [0.2, 0.25) is 0 Å². The average Bonchev–Trinajstić information content (AvgIpc) is 2.15. The predicted octanol–water partition coefficient (Wildman–Crippen LogP) is -0.147. The number of ether oxygens (including phenoxy) is 1. The minimum atomic E-state index is -0.177. The van der Waals surface area contributed by atoms with Gasteiger partial charge in [-0.25, -0.2) is 0 Å². The van der Waals surface area contributed by atoms with Gasteiger partial charge in [0.25, 0.3) is 0 Å². The molecule has 5 heteroatoms. The lowest BCUT2D eigenvalue weighted by Gasteiger charge is -2.07. The second-order valence-electron chi connectivity index (χ2n) is 3.36. The fraction of sp³-hybridized carbons (Fsp3) is 0.600. The Hall–Kier alpha value is -1.20. The third-order valence-electron chi connectivity index (χ3n) is 1.65. The first-order valence-corrected chi connectivity index (χ1v) is 4.74. The number of ketones is 1. The van der Waals surface area contributed by atoms with Crippen LogP contribution in [0.25, 0.3) is 0 Å². The Kier molecular flexibility index (Phi) is 6.57. The number of carbonyl (C=O) groups excluding carboxylic acids is 1. The molecule has 0 saturated carbocycles. The van der Waals surface area contributed by atoms with Crippen LogP contribution in [0.3, 0.4) is 0 Å². The third kappa shape index (κ3) is 6.82. The van der Waals surface area contributed by atoms with Crippen LogP contribution in [0.1, 0.15) is 13.8 Å². The molecule has 0 spiro atoms. The lowest BCUT2D eigenvalue weighted by atomic mass is 10.2. The molecule has 0 amide bonds. The number of carbonyl (C=O) groups is 1. The smallest absolute Gasteiger partial charge is 0.175 e. The number of rotatable bonds is 6. The van der Waals surface area contributed by atoms with E-state index < -0.39 is 0 Å². The number of allylic oxidation sites excluding steroid dienone is 1. The fourth-order valence-electron chi connectivity index (χ4n) is 0.801. The highest BCUT2D eigenvalue weighted by Crippen LogP contribution is 1.91. The molecule has 0 aliphatic heterocycles. The molecular weight excluding hydrogens is 194 g/mol. The number of nitrogens with zero attached hydrogens (tertiary/aromatic N) is 1. The monoisotopic (exact) mass is 213 g/mol. The predicted molar refractivity (Wildman–Crippen MR) is 60.8 cm³/mol. The van der Waals surface area contributed by atoms with Gasteiger partial charge in [-0.2, -0.15) is 0 Å². The van der Waals surface area contributed by atoms with Crippen LogP contribution in [0.2, 0.25) is 0 Å². The zero-order valence-electron chi connectivity index (χ0n) is 9.49. The number of hydrogen-bond donors (Lipinski definition) is 2. The molecule has 0 fully saturated rings. The van der Waals surface area contributed by atoms with Crippen LogP contribution in [0.5, 0.6) is 0 Å². The maximum atomic E-state index is 10.9. The summed E-state index contributed by atoms with van der Waals surface area (Å²) >= 11 is 0. The lowest BCUT2D eigenvalue weighted by molar-refractivity contribution is -0.113. The lowest BCUT2D eigenvalue weighted by Crippen LogP contribution is -2.24. The van der Waals surface area contributed by atoms with E-state index in [1.54, 1.807) is 7.05 Å². The highest BCUT2D eigenvalue weighted by molar-refractivity contribution is 6.03. The number of nitrogens with two attached hydrogens (primary N) is 2. The topological polar surface area (TPSA) is 90.7 Å². The highest BCUT2D eigenvalue weighted by atomic mass is 16.5. The van der Waals surface area contributed by atoms with Crippen LogP contribution in [0, 0.1) is 0 Å². The summed E-state index contributed by atoms with van der Waals surface area (Å²) in [5.74, 6) is -0.177. The van der Waals surface area contributed by atoms with Crippen molar-refractivity contribution in [3.63, 3.8) is 0 Å². The SMILES string of the molecule is CN=C(/C=C(/N)C(C)=O)COC[C@@H](C)N. The summed E-state index contributed by atoms with van der Waals surface area (Å²) in [7, 11) is 1.62. The van der Waals surface area contributed by atoms with E-state index in [2.05, 4.69) is 4.99 Å². The molecule has 86 valence electrons. The molecule has 4 N–H and O–H groups in total. The Balaban J connectivity index is 4.17. The molecule has 0 aromatic heterocycles. The van der Waals surface area contributed by atoms with Crippen molar-refractivity contribution in [1.82, 2.24) is 0 Å². The Bertz CT molecular complexity index is 270. The largest absolute Gasteiger partial charge is 0.396 e. The van der Waals surface area contributed by atoms with Gasteiger partial charge in [-0.3, -0.25) is 9.79 Å². The minimum absolute atomic E-state index is 0.0164. The van der Waals surface area contributed by atoms with E-state index in [9.17, 15) is 4.79 Å². The van der Waals surface area contributed by atoms with E-state index in [4.69, 9.17) is 16.2 Å². The zero-order chi connectivity index (χ0) is 11.8. The van der Waals surface area contributed by atoms with E-state index in [0.29, 0.717) is 18.9 Å². The Morgan fingerprint density at radius 1 is 1.60 bits per heavy atom. The van der Waals surface area contributed by atoms with E-state index in [1.807, 2.05) is 6.92 Å². The van der Waals surface area contributed by atoms with Gasteiger partial charge in [0, 0.05) is 20.0 Å². The van der Waals surface area contributed by atoms with Crippen LogP contribution < -0.4 is 11.5 Å². The van der Waals surface area contributed by atoms with E-state index in [0.717, 1.165) is 0 Å². The van der Waals surface area contributed by atoms with Crippen molar-refractivity contribution in [1.29, 1.82) is 0 Å². The molecule has 0 bridgehead atoms. The number of aliphatic imine (C=N–C) groups is 1. The molecule has 0 radical (unpaired) electrons. The maximum absolute atomic E-state index is 10.9. The van der Waals surface area contributed by atoms with Crippen molar-refractivity contribution >= 4 is 11.5 Å². The Labute approximate surface area is 90.2 Å².